The quantitative estimate of drug-likeness (QED) is 0.767. The highest BCUT2D eigenvalue weighted by molar-refractivity contribution is 7.98. The number of rotatable bonds is 5. The second-order valence-electron chi connectivity index (χ2n) is 4.41. The molecule has 1 rings (SSSR count). The first-order chi connectivity index (χ1) is 7.54. The average molecular weight is 245 g/mol. The van der Waals surface area contributed by atoms with Crippen LogP contribution in [0.4, 0.5) is 0 Å². The molecular formula is C11H19NO3S. The number of nitrogens with one attached hydrogen (secondary N) is 1. The lowest BCUT2D eigenvalue weighted by atomic mass is 10.1. The third-order valence-corrected chi connectivity index (χ3v) is 3.83. The lowest BCUT2D eigenvalue weighted by Gasteiger charge is -2.16. The van der Waals surface area contributed by atoms with Gasteiger partial charge in [-0.3, -0.25) is 9.59 Å². The number of thioether (sulfide) groups is 1. The Morgan fingerprint density at radius 3 is 2.69 bits per heavy atom. The maximum Gasteiger partial charge on any atom is 0.306 e. The van der Waals surface area contributed by atoms with E-state index in [0.29, 0.717) is 12.8 Å². The lowest BCUT2D eigenvalue weighted by molar-refractivity contribution is -0.141. The van der Waals surface area contributed by atoms with E-state index in [-0.39, 0.29) is 23.8 Å². The van der Waals surface area contributed by atoms with Crippen LogP contribution in [0, 0.1) is 11.8 Å². The Morgan fingerprint density at radius 1 is 1.50 bits per heavy atom. The zero-order valence-electron chi connectivity index (χ0n) is 9.73. The Labute approximate surface area is 100 Å². The van der Waals surface area contributed by atoms with E-state index >= 15 is 0 Å². The highest BCUT2D eigenvalue weighted by atomic mass is 32.2. The predicted octanol–water partition coefficient (Wildman–Crippen LogP) is 1.35. The predicted molar refractivity (Wildman–Crippen MR) is 64.5 cm³/mol. The maximum atomic E-state index is 11.7. The summed E-state index contributed by atoms with van der Waals surface area (Å²) in [6, 6.07) is 0.0536. The van der Waals surface area contributed by atoms with Crippen LogP contribution < -0.4 is 5.32 Å². The van der Waals surface area contributed by atoms with E-state index in [9.17, 15) is 9.59 Å². The van der Waals surface area contributed by atoms with E-state index in [2.05, 4.69) is 5.32 Å². The van der Waals surface area contributed by atoms with E-state index in [1.165, 1.54) is 0 Å². The monoisotopic (exact) mass is 245 g/mol. The normalized spacial score (nSPS) is 26.4. The van der Waals surface area contributed by atoms with Crippen LogP contribution in [-0.4, -0.2) is 35.0 Å². The van der Waals surface area contributed by atoms with E-state index in [4.69, 9.17) is 5.11 Å². The van der Waals surface area contributed by atoms with Crippen LogP contribution in [0.1, 0.15) is 26.2 Å². The SMILES string of the molecule is CSCC(C)C(=O)N[C@H]1CC[C@@H](C(=O)O)C1. The largest absolute Gasteiger partial charge is 0.481 e. The smallest absolute Gasteiger partial charge is 0.306 e. The summed E-state index contributed by atoms with van der Waals surface area (Å²) in [7, 11) is 0. The molecule has 0 aliphatic heterocycles. The molecule has 5 heteroatoms. The third kappa shape index (κ3) is 3.70. The summed E-state index contributed by atoms with van der Waals surface area (Å²) < 4.78 is 0. The fraction of sp³-hybridized carbons (Fsp3) is 0.818. The van der Waals surface area contributed by atoms with E-state index in [1.807, 2.05) is 13.2 Å². The van der Waals surface area contributed by atoms with E-state index < -0.39 is 5.97 Å². The molecule has 3 atom stereocenters. The van der Waals surface area contributed by atoms with E-state index in [0.717, 1.165) is 12.2 Å². The Kier molecular flexibility index (Phi) is 5.12. The van der Waals surface area contributed by atoms with Crippen molar-refractivity contribution < 1.29 is 14.7 Å². The molecule has 0 aromatic rings. The number of hydrogen-bond donors (Lipinski definition) is 2. The number of carboxylic acid groups (broad SMARTS) is 1. The van der Waals surface area contributed by atoms with Crippen molar-refractivity contribution in [2.24, 2.45) is 11.8 Å². The van der Waals surface area contributed by atoms with Crippen molar-refractivity contribution in [3.63, 3.8) is 0 Å². The molecular weight excluding hydrogens is 226 g/mol. The summed E-state index contributed by atoms with van der Waals surface area (Å²) >= 11 is 1.65. The van der Waals surface area contributed by atoms with Crippen LogP contribution in [0.15, 0.2) is 0 Å². The van der Waals surface area contributed by atoms with Gasteiger partial charge >= 0.3 is 5.97 Å². The van der Waals surface area contributed by atoms with Gasteiger partial charge in [0.15, 0.2) is 0 Å². The first-order valence-corrected chi connectivity index (χ1v) is 6.96. The molecule has 1 fully saturated rings. The average Bonchev–Trinajstić information content (AvgIpc) is 2.66. The number of amides is 1. The summed E-state index contributed by atoms with van der Waals surface area (Å²) in [5.41, 5.74) is 0. The van der Waals surface area contributed by atoms with Crippen LogP contribution >= 0.6 is 11.8 Å². The van der Waals surface area contributed by atoms with Gasteiger partial charge in [-0.25, -0.2) is 0 Å². The van der Waals surface area contributed by atoms with Gasteiger partial charge in [0.05, 0.1) is 5.92 Å². The van der Waals surface area contributed by atoms with E-state index in [1.54, 1.807) is 11.8 Å². The van der Waals surface area contributed by atoms with Crippen molar-refractivity contribution in [3.05, 3.63) is 0 Å². The minimum atomic E-state index is -0.742. The van der Waals surface area contributed by atoms with Crippen molar-refractivity contribution in [3.8, 4) is 0 Å². The van der Waals surface area contributed by atoms with Gasteiger partial charge in [0, 0.05) is 17.7 Å². The first kappa shape index (κ1) is 13.4. The summed E-state index contributed by atoms with van der Waals surface area (Å²) in [6.45, 7) is 1.90. The van der Waals surface area contributed by atoms with Gasteiger partial charge in [0.25, 0.3) is 0 Å². The molecule has 0 heterocycles. The summed E-state index contributed by atoms with van der Waals surface area (Å²) in [4.78, 5) is 22.4. The van der Waals surface area contributed by atoms with Crippen LogP contribution in [0.25, 0.3) is 0 Å². The van der Waals surface area contributed by atoms with Crippen LogP contribution in [-0.2, 0) is 9.59 Å². The molecule has 1 unspecified atom stereocenters. The topological polar surface area (TPSA) is 66.4 Å². The van der Waals surface area contributed by atoms with Gasteiger partial charge in [0.1, 0.15) is 0 Å². The fourth-order valence-electron chi connectivity index (χ4n) is 2.01. The van der Waals surface area contributed by atoms with Gasteiger partial charge in [-0.1, -0.05) is 6.92 Å². The second-order valence-corrected chi connectivity index (χ2v) is 5.32. The molecule has 1 amide bonds. The molecule has 0 radical (unpaired) electrons. The molecule has 0 aromatic carbocycles. The molecule has 16 heavy (non-hydrogen) atoms. The Balaban J connectivity index is 2.33. The molecule has 2 N–H and O–H groups in total. The Hall–Kier alpha value is -0.710. The second kappa shape index (κ2) is 6.13. The van der Waals surface area contributed by atoms with Gasteiger partial charge in [-0.15, -0.1) is 0 Å². The third-order valence-electron chi connectivity index (χ3n) is 2.99. The molecule has 1 aliphatic carbocycles. The number of carbonyl (C=O) groups excluding carboxylic acids is 1. The summed E-state index contributed by atoms with van der Waals surface area (Å²) in [6.07, 6.45) is 4.01. The standard InChI is InChI=1S/C11H19NO3S/c1-7(6-16-2)10(13)12-9-4-3-8(5-9)11(14)15/h7-9H,3-6H2,1-2H3,(H,12,13)(H,14,15)/t7?,8-,9+/m1/s1. The molecule has 1 saturated carbocycles. The first-order valence-electron chi connectivity index (χ1n) is 5.56. The highest BCUT2D eigenvalue weighted by Crippen LogP contribution is 2.25. The lowest BCUT2D eigenvalue weighted by Crippen LogP contribution is -2.37. The van der Waals surface area contributed by atoms with Crippen LogP contribution in [0.3, 0.4) is 0 Å². The molecule has 92 valence electrons. The number of carboxylic acids is 1. The van der Waals surface area contributed by atoms with Gasteiger partial charge in [0.2, 0.25) is 5.91 Å². The van der Waals surface area contributed by atoms with Crippen LogP contribution in [0.5, 0.6) is 0 Å². The minimum absolute atomic E-state index is 0.00104. The molecule has 0 saturated heterocycles. The number of hydrogen-bond acceptors (Lipinski definition) is 3. The fourth-order valence-corrected chi connectivity index (χ4v) is 2.66. The Bertz CT molecular complexity index is 270. The zero-order valence-corrected chi connectivity index (χ0v) is 10.5. The molecule has 4 nitrogen and oxygen atoms in total. The minimum Gasteiger partial charge on any atom is -0.481 e. The zero-order chi connectivity index (χ0) is 12.1. The maximum absolute atomic E-state index is 11.7. The number of aliphatic carboxylic acids is 1. The molecule has 0 bridgehead atoms. The van der Waals surface area contributed by atoms with Gasteiger partial charge in [-0.2, -0.15) is 11.8 Å². The molecule has 1 aliphatic rings. The molecule has 0 spiro atoms. The molecule has 0 aromatic heterocycles. The van der Waals surface area contributed by atoms with Crippen molar-refractivity contribution in [2.45, 2.75) is 32.2 Å². The van der Waals surface area contributed by atoms with Gasteiger partial charge < -0.3 is 10.4 Å². The summed E-state index contributed by atoms with van der Waals surface area (Å²) in [5.74, 6) is -0.166. The van der Waals surface area contributed by atoms with Crippen molar-refractivity contribution in [1.29, 1.82) is 0 Å². The summed E-state index contributed by atoms with van der Waals surface area (Å²) in [5, 5.41) is 11.8. The van der Waals surface area contributed by atoms with Crippen molar-refractivity contribution in [1.82, 2.24) is 5.32 Å². The van der Waals surface area contributed by atoms with Gasteiger partial charge in [-0.05, 0) is 25.5 Å². The number of carbonyl (C=O) groups is 2. The van der Waals surface area contributed by atoms with Crippen LogP contribution in [0.2, 0.25) is 0 Å². The highest BCUT2D eigenvalue weighted by Gasteiger charge is 2.31. The Morgan fingerprint density at radius 2 is 2.19 bits per heavy atom. The van der Waals surface area contributed by atoms with Crippen molar-refractivity contribution in [2.75, 3.05) is 12.0 Å². The van der Waals surface area contributed by atoms with Crippen molar-refractivity contribution >= 4 is 23.6 Å².